The van der Waals surface area contributed by atoms with Crippen LogP contribution in [0.4, 0.5) is 8.78 Å². The minimum atomic E-state index is -3.52. The molecular formula is C8H6BrF2NO. The van der Waals surface area contributed by atoms with Crippen LogP contribution >= 0.6 is 15.9 Å². The number of hydrogen-bond acceptors (Lipinski definition) is 2. The maximum absolute atomic E-state index is 12.5. The highest BCUT2D eigenvalue weighted by atomic mass is 79.9. The molecule has 0 saturated heterocycles. The van der Waals surface area contributed by atoms with Crippen LogP contribution in [0, 0.1) is 4.91 Å². The molecule has 2 nitrogen and oxygen atoms in total. The molecule has 0 atom stereocenters. The van der Waals surface area contributed by atoms with Crippen LogP contribution in [-0.4, -0.2) is 6.05 Å². The lowest BCUT2D eigenvalue weighted by molar-refractivity contribution is 0.00957. The van der Waals surface area contributed by atoms with E-state index >= 15 is 0 Å². The van der Waals surface area contributed by atoms with Gasteiger partial charge in [0.05, 0.1) is 6.42 Å². The van der Waals surface area contributed by atoms with E-state index in [1.54, 1.807) is 23.4 Å². The van der Waals surface area contributed by atoms with Gasteiger partial charge in [-0.15, -0.1) is 4.91 Å². The molecule has 0 fully saturated rings. The summed E-state index contributed by atoms with van der Waals surface area (Å²) in [5.74, 6) is 0. The monoisotopic (exact) mass is 249 g/mol. The molecule has 0 heterocycles. The average molecular weight is 250 g/mol. The molecule has 0 amide bonds. The fraction of sp³-hybridized carbons (Fsp3) is 0.250. The molecule has 0 radical (unpaired) electrons. The topological polar surface area (TPSA) is 29.4 Å². The van der Waals surface area contributed by atoms with E-state index in [4.69, 9.17) is 0 Å². The van der Waals surface area contributed by atoms with E-state index in [9.17, 15) is 13.7 Å². The average Bonchev–Trinajstić information content (AvgIpc) is 2.09. The van der Waals surface area contributed by atoms with Gasteiger partial charge in [-0.05, 0) is 11.6 Å². The van der Waals surface area contributed by atoms with Crippen LogP contribution < -0.4 is 0 Å². The van der Waals surface area contributed by atoms with Gasteiger partial charge in [0.1, 0.15) is 0 Å². The zero-order valence-corrected chi connectivity index (χ0v) is 8.09. The zero-order valence-electron chi connectivity index (χ0n) is 6.51. The van der Waals surface area contributed by atoms with Crippen LogP contribution in [0.15, 0.2) is 33.9 Å². The first-order chi connectivity index (χ1) is 6.05. The molecule has 70 valence electrons. The van der Waals surface area contributed by atoms with Crippen molar-refractivity contribution in [3.05, 3.63) is 39.2 Å². The van der Waals surface area contributed by atoms with E-state index in [-0.39, 0.29) is 0 Å². The highest BCUT2D eigenvalue weighted by molar-refractivity contribution is 9.10. The van der Waals surface area contributed by atoms with E-state index in [0.29, 0.717) is 10.0 Å². The molecular weight excluding hydrogens is 244 g/mol. The van der Waals surface area contributed by atoms with Crippen molar-refractivity contribution in [2.45, 2.75) is 12.5 Å². The Morgan fingerprint density at radius 3 is 2.54 bits per heavy atom. The second-order valence-corrected chi connectivity index (χ2v) is 3.38. The molecule has 1 rings (SSSR count). The van der Waals surface area contributed by atoms with Gasteiger partial charge in [0, 0.05) is 9.65 Å². The highest BCUT2D eigenvalue weighted by Gasteiger charge is 2.30. The molecule has 0 aliphatic rings. The summed E-state index contributed by atoms with van der Waals surface area (Å²) in [6.07, 6.45) is -0.669. The lowest BCUT2D eigenvalue weighted by Crippen LogP contribution is -2.15. The van der Waals surface area contributed by atoms with Gasteiger partial charge in [-0.3, -0.25) is 0 Å². The van der Waals surface area contributed by atoms with E-state index in [1.807, 2.05) is 0 Å². The van der Waals surface area contributed by atoms with Gasteiger partial charge in [-0.25, -0.2) is 0 Å². The minimum absolute atomic E-state index is 0.368. The Morgan fingerprint density at radius 1 is 1.38 bits per heavy atom. The Labute approximate surface area is 82.1 Å². The van der Waals surface area contributed by atoms with Gasteiger partial charge >= 0.3 is 6.05 Å². The van der Waals surface area contributed by atoms with E-state index in [0.717, 1.165) is 0 Å². The highest BCUT2D eigenvalue weighted by Crippen LogP contribution is 2.25. The lowest BCUT2D eigenvalue weighted by atomic mass is 10.1. The number of alkyl halides is 2. The predicted molar refractivity (Wildman–Crippen MR) is 48.6 cm³/mol. The number of rotatable bonds is 3. The van der Waals surface area contributed by atoms with Crippen molar-refractivity contribution in [2.24, 2.45) is 5.18 Å². The molecule has 0 aliphatic heterocycles. The van der Waals surface area contributed by atoms with Crippen LogP contribution in [0.5, 0.6) is 0 Å². The van der Waals surface area contributed by atoms with Crippen molar-refractivity contribution >= 4 is 15.9 Å². The van der Waals surface area contributed by atoms with Crippen LogP contribution in [0.1, 0.15) is 5.56 Å². The number of hydrogen-bond donors (Lipinski definition) is 0. The fourth-order valence-electron chi connectivity index (χ4n) is 0.903. The maximum Gasteiger partial charge on any atom is 0.381 e. The molecule has 0 unspecified atom stereocenters. The Balaban J connectivity index is 2.86. The number of benzene rings is 1. The van der Waals surface area contributed by atoms with Gasteiger partial charge < -0.3 is 0 Å². The summed E-state index contributed by atoms with van der Waals surface area (Å²) in [5, 5.41) is 1.75. The van der Waals surface area contributed by atoms with Crippen molar-refractivity contribution < 1.29 is 8.78 Å². The molecule has 13 heavy (non-hydrogen) atoms. The van der Waals surface area contributed by atoms with E-state index < -0.39 is 12.5 Å². The van der Waals surface area contributed by atoms with Crippen molar-refractivity contribution in [3.63, 3.8) is 0 Å². The molecule has 1 aromatic rings. The third-order valence-corrected chi connectivity index (χ3v) is 2.27. The molecule has 0 aromatic heterocycles. The number of halogens is 3. The van der Waals surface area contributed by atoms with Crippen LogP contribution in [0.25, 0.3) is 0 Å². The van der Waals surface area contributed by atoms with Gasteiger partial charge in [0.15, 0.2) is 0 Å². The smallest absolute Gasteiger partial charge is 0.177 e. The van der Waals surface area contributed by atoms with Crippen LogP contribution in [0.2, 0.25) is 0 Å². The quantitative estimate of drug-likeness (QED) is 0.597. The summed E-state index contributed by atoms with van der Waals surface area (Å²) in [6.45, 7) is 0. The van der Waals surface area contributed by atoms with Crippen molar-refractivity contribution in [2.75, 3.05) is 0 Å². The largest absolute Gasteiger partial charge is 0.381 e. The first-order valence-corrected chi connectivity index (χ1v) is 4.30. The van der Waals surface area contributed by atoms with Gasteiger partial charge in [-0.1, -0.05) is 34.1 Å². The van der Waals surface area contributed by atoms with E-state index in [2.05, 4.69) is 15.9 Å². The van der Waals surface area contributed by atoms with Crippen molar-refractivity contribution in [1.82, 2.24) is 0 Å². The molecule has 0 spiro atoms. The molecule has 0 aliphatic carbocycles. The van der Waals surface area contributed by atoms with Crippen LogP contribution in [0.3, 0.4) is 0 Å². The second-order valence-electron chi connectivity index (χ2n) is 2.53. The maximum atomic E-state index is 12.5. The number of nitrogens with zero attached hydrogens (tertiary/aromatic N) is 1. The third-order valence-electron chi connectivity index (χ3n) is 1.49. The number of nitroso groups, excluding NO2 is 1. The van der Waals surface area contributed by atoms with Crippen LogP contribution in [-0.2, 0) is 6.42 Å². The van der Waals surface area contributed by atoms with Gasteiger partial charge in [0.25, 0.3) is 0 Å². The predicted octanol–water partition coefficient (Wildman–Crippen LogP) is 3.35. The molecule has 0 N–H and O–H groups in total. The Morgan fingerprint density at radius 2 is 2.00 bits per heavy atom. The molecule has 0 saturated carbocycles. The first kappa shape index (κ1) is 10.2. The normalized spacial score (nSPS) is 11.3. The third kappa shape index (κ3) is 2.84. The first-order valence-electron chi connectivity index (χ1n) is 3.51. The fourth-order valence-corrected chi connectivity index (χ4v) is 1.33. The summed E-state index contributed by atoms with van der Waals surface area (Å²) in [6, 6.07) is 2.96. The van der Waals surface area contributed by atoms with Gasteiger partial charge in [-0.2, -0.15) is 8.78 Å². The summed E-state index contributed by atoms with van der Waals surface area (Å²) < 4.78 is 25.6. The summed E-state index contributed by atoms with van der Waals surface area (Å²) in [4.78, 5) is 9.73. The van der Waals surface area contributed by atoms with Crippen molar-refractivity contribution in [3.8, 4) is 0 Å². The Kier molecular flexibility index (Phi) is 3.08. The standard InChI is InChI=1S/C8H6BrF2NO/c9-7-4-2-1-3-6(7)5-8(10,11)12-13/h1-4H,5H2. The summed E-state index contributed by atoms with van der Waals surface area (Å²) >= 11 is 3.10. The zero-order chi connectivity index (χ0) is 9.90. The summed E-state index contributed by atoms with van der Waals surface area (Å²) in [7, 11) is 0. The van der Waals surface area contributed by atoms with Gasteiger partial charge in [0.2, 0.25) is 0 Å². The molecule has 0 bridgehead atoms. The SMILES string of the molecule is O=NC(F)(F)Cc1ccccc1Br. The minimum Gasteiger partial charge on any atom is -0.177 e. The lowest BCUT2D eigenvalue weighted by Gasteiger charge is -2.08. The summed E-state index contributed by atoms with van der Waals surface area (Å²) in [5.41, 5.74) is 0.368. The Bertz CT molecular complexity index is 317. The Hall–Kier alpha value is -0.840. The van der Waals surface area contributed by atoms with E-state index in [1.165, 1.54) is 6.07 Å². The molecule has 5 heteroatoms. The van der Waals surface area contributed by atoms with Crippen molar-refractivity contribution in [1.29, 1.82) is 0 Å². The second kappa shape index (κ2) is 3.91. The molecule has 1 aromatic carbocycles.